The van der Waals surface area contributed by atoms with Crippen LogP contribution in [-0.2, 0) is 27.5 Å². The van der Waals surface area contributed by atoms with Crippen LogP contribution in [0.2, 0.25) is 0 Å². The molecular formula is C36H41F3N2O5. The van der Waals surface area contributed by atoms with E-state index in [1.54, 1.807) is 6.08 Å². The van der Waals surface area contributed by atoms with E-state index in [-0.39, 0.29) is 53.5 Å². The van der Waals surface area contributed by atoms with Gasteiger partial charge in [0.2, 0.25) is 5.91 Å². The summed E-state index contributed by atoms with van der Waals surface area (Å²) in [7, 11) is 1.44. The number of nitrogens with zero attached hydrogens (tertiary/aromatic N) is 2. The third kappa shape index (κ3) is 5.33. The van der Waals surface area contributed by atoms with E-state index >= 15 is 0 Å². The van der Waals surface area contributed by atoms with Gasteiger partial charge in [-0.1, -0.05) is 32.1 Å². The molecule has 1 saturated heterocycles. The number of likely N-dealkylation sites (tertiary alicyclic amines) is 1. The van der Waals surface area contributed by atoms with E-state index in [9.17, 15) is 27.9 Å². The normalized spacial score (nSPS) is 26.6. The molecule has 7 nitrogen and oxygen atoms in total. The fourth-order valence-electron chi connectivity index (χ4n) is 8.63. The van der Waals surface area contributed by atoms with Gasteiger partial charge in [0.15, 0.2) is 17.3 Å². The Hall–Kier alpha value is -3.63. The fourth-order valence-corrected chi connectivity index (χ4v) is 8.63. The highest BCUT2D eigenvalue weighted by Crippen LogP contribution is 2.64. The molecule has 46 heavy (non-hydrogen) atoms. The first-order chi connectivity index (χ1) is 21.9. The minimum Gasteiger partial charge on any atom is -0.504 e. The maximum absolute atomic E-state index is 14.0. The zero-order valence-corrected chi connectivity index (χ0v) is 26.5. The van der Waals surface area contributed by atoms with E-state index in [2.05, 4.69) is 11.5 Å². The van der Waals surface area contributed by atoms with E-state index in [4.69, 9.17) is 9.47 Å². The smallest absolute Gasteiger partial charge is 0.416 e. The third-order valence-corrected chi connectivity index (χ3v) is 10.4. The summed E-state index contributed by atoms with van der Waals surface area (Å²) in [6.07, 6.45) is 3.08. The summed E-state index contributed by atoms with van der Waals surface area (Å²) in [6.45, 7) is 9.91. The lowest BCUT2D eigenvalue weighted by Gasteiger charge is -2.60. The Labute approximate surface area is 267 Å². The van der Waals surface area contributed by atoms with E-state index in [1.807, 2.05) is 30.9 Å². The molecule has 2 bridgehead atoms. The molecule has 1 spiro atoms. The van der Waals surface area contributed by atoms with E-state index < -0.39 is 23.3 Å². The van der Waals surface area contributed by atoms with Crippen LogP contribution in [0.4, 0.5) is 13.2 Å². The number of ketones is 1. The van der Waals surface area contributed by atoms with Crippen molar-refractivity contribution in [1.29, 1.82) is 0 Å². The summed E-state index contributed by atoms with van der Waals surface area (Å²) in [5, 5.41) is 11.5. The second-order valence-electron chi connectivity index (χ2n) is 13.5. The topological polar surface area (TPSA) is 79.3 Å². The standard InChI is InChI=1S/C36H41F3N2O5/c1-5-15-40-16-14-35-26-11-12-27(41(19-21(2)3)30(43)13-8-22-6-9-24(10-7-22)36(37,38)39)34(35)46-33-31(35)23(18-28(26)40)17-25(32(33)44)29(42)20-45-4/h5-10,13,17,21,26-28,34,44H,1,11-12,14-16,18-20H2,2-4H3/t26-,27?,28+,34?,35-/m0/s1. The number of aromatic hydroxyl groups is 1. The van der Waals surface area contributed by atoms with Crippen LogP contribution in [0.25, 0.3) is 6.08 Å². The molecule has 6 rings (SSSR count). The van der Waals surface area contributed by atoms with Gasteiger partial charge in [-0.2, -0.15) is 13.2 Å². The first-order valence-corrected chi connectivity index (χ1v) is 16.0. The van der Waals surface area contributed by atoms with Crippen LogP contribution in [-0.4, -0.2) is 78.1 Å². The van der Waals surface area contributed by atoms with Crippen molar-refractivity contribution in [2.24, 2.45) is 11.8 Å². The van der Waals surface area contributed by atoms with Crippen LogP contribution in [0.1, 0.15) is 65.7 Å². The molecule has 0 aromatic heterocycles. The first kappa shape index (κ1) is 32.3. The van der Waals surface area contributed by atoms with Crippen LogP contribution >= 0.6 is 0 Å². The SMILES string of the molecule is C=CCN1CC[C@]23c4c5cc(C(=O)COC)c(O)c4OC2C(N(CC(C)C)C(=O)C=Cc2ccc(C(F)(F)F)cc2)CC[C@H]3[C@H]1C5. The van der Waals surface area contributed by atoms with Gasteiger partial charge in [0, 0.05) is 43.3 Å². The lowest BCUT2D eigenvalue weighted by Crippen LogP contribution is -2.69. The molecule has 2 fully saturated rings. The zero-order chi connectivity index (χ0) is 33.0. The number of phenolic OH excluding ortho intramolecular Hbond substituents is 1. The van der Waals surface area contributed by atoms with Crippen LogP contribution in [0.15, 0.2) is 49.1 Å². The number of ether oxygens (including phenoxy) is 2. The van der Waals surface area contributed by atoms with Gasteiger partial charge in [0.1, 0.15) is 12.7 Å². The maximum atomic E-state index is 14.0. The van der Waals surface area contributed by atoms with Crippen LogP contribution in [0.3, 0.4) is 0 Å². The molecule has 1 amide bonds. The van der Waals surface area contributed by atoms with Gasteiger partial charge in [-0.25, -0.2) is 0 Å². The van der Waals surface area contributed by atoms with Crippen molar-refractivity contribution in [3.05, 3.63) is 76.9 Å². The second kappa shape index (κ2) is 12.2. The number of alkyl halides is 3. The zero-order valence-electron chi connectivity index (χ0n) is 26.5. The Bertz CT molecular complexity index is 1550. The average molecular weight is 639 g/mol. The summed E-state index contributed by atoms with van der Waals surface area (Å²) >= 11 is 0. The van der Waals surface area contributed by atoms with Crippen molar-refractivity contribution in [2.45, 2.75) is 69.3 Å². The van der Waals surface area contributed by atoms with Gasteiger partial charge < -0.3 is 19.5 Å². The number of benzene rings is 2. The third-order valence-electron chi connectivity index (χ3n) is 10.4. The molecule has 5 atom stereocenters. The number of piperidine rings is 1. The number of hydrogen-bond donors (Lipinski definition) is 1. The number of Topliss-reactive ketones (excluding diaryl/α,β-unsaturated/α-hetero) is 1. The number of carbonyl (C=O) groups is 2. The van der Waals surface area contributed by atoms with Crippen LogP contribution in [0.5, 0.6) is 11.5 Å². The summed E-state index contributed by atoms with van der Waals surface area (Å²) < 4.78 is 51.1. The first-order valence-electron chi connectivity index (χ1n) is 16.0. The van der Waals surface area contributed by atoms with Crippen molar-refractivity contribution >= 4 is 17.8 Å². The second-order valence-corrected chi connectivity index (χ2v) is 13.5. The molecule has 2 heterocycles. The Morgan fingerprint density at radius 2 is 1.98 bits per heavy atom. The molecule has 0 radical (unpaired) electrons. The van der Waals surface area contributed by atoms with Crippen LogP contribution in [0, 0.1) is 11.8 Å². The number of phenols is 1. The lowest BCUT2D eigenvalue weighted by atomic mass is 9.50. The van der Waals surface area contributed by atoms with E-state index in [1.165, 1.54) is 25.3 Å². The van der Waals surface area contributed by atoms with E-state index in [0.29, 0.717) is 24.3 Å². The molecular weight excluding hydrogens is 597 g/mol. The molecule has 2 aromatic carbocycles. The molecule has 4 aliphatic rings. The Kier molecular flexibility index (Phi) is 8.56. The van der Waals surface area contributed by atoms with Crippen molar-refractivity contribution in [1.82, 2.24) is 9.80 Å². The number of hydrogen-bond acceptors (Lipinski definition) is 6. The summed E-state index contributed by atoms with van der Waals surface area (Å²) in [5.74, 6) is -0.0191. The number of rotatable bonds is 10. The Morgan fingerprint density at radius 3 is 2.63 bits per heavy atom. The predicted molar refractivity (Wildman–Crippen MR) is 168 cm³/mol. The highest BCUT2D eigenvalue weighted by molar-refractivity contribution is 6.01. The van der Waals surface area contributed by atoms with Gasteiger partial charge in [0.05, 0.1) is 17.2 Å². The van der Waals surface area contributed by atoms with Crippen molar-refractivity contribution < 1.29 is 37.3 Å². The molecule has 2 unspecified atom stereocenters. The molecule has 1 saturated carbocycles. The quantitative estimate of drug-likeness (QED) is 0.195. The minimum absolute atomic E-state index is 0.137. The van der Waals surface area contributed by atoms with Gasteiger partial charge in [-0.15, -0.1) is 6.58 Å². The fraction of sp³-hybridized carbons (Fsp3) is 0.500. The Balaban J connectivity index is 1.39. The van der Waals surface area contributed by atoms with Gasteiger partial charge >= 0.3 is 6.18 Å². The van der Waals surface area contributed by atoms with Crippen molar-refractivity contribution in [3.63, 3.8) is 0 Å². The molecule has 246 valence electrons. The van der Waals surface area contributed by atoms with Gasteiger partial charge in [-0.3, -0.25) is 14.5 Å². The summed E-state index contributed by atoms with van der Waals surface area (Å²) in [5.41, 5.74) is 1.46. The highest BCUT2D eigenvalue weighted by Gasteiger charge is 2.66. The largest absolute Gasteiger partial charge is 0.504 e. The number of carbonyl (C=O) groups excluding carboxylic acids is 2. The van der Waals surface area contributed by atoms with Gasteiger partial charge in [-0.05, 0) is 79.5 Å². The average Bonchev–Trinajstić information content (AvgIpc) is 3.36. The van der Waals surface area contributed by atoms with Crippen molar-refractivity contribution in [3.8, 4) is 11.5 Å². The Morgan fingerprint density at radius 1 is 1.24 bits per heavy atom. The maximum Gasteiger partial charge on any atom is 0.416 e. The molecule has 2 aliphatic carbocycles. The van der Waals surface area contributed by atoms with Crippen molar-refractivity contribution in [2.75, 3.05) is 33.4 Å². The minimum atomic E-state index is -4.44. The summed E-state index contributed by atoms with van der Waals surface area (Å²) in [6, 6.07) is 6.42. The van der Waals surface area contributed by atoms with Gasteiger partial charge in [0.25, 0.3) is 0 Å². The number of methoxy groups -OCH3 is 1. The number of amides is 1. The summed E-state index contributed by atoms with van der Waals surface area (Å²) in [4.78, 5) is 31.3. The lowest BCUT2D eigenvalue weighted by molar-refractivity contribution is -0.138. The van der Waals surface area contributed by atoms with E-state index in [0.717, 1.165) is 55.6 Å². The molecule has 2 aromatic rings. The molecule has 2 aliphatic heterocycles. The molecule has 1 N–H and O–H groups in total. The number of halogens is 3. The predicted octanol–water partition coefficient (Wildman–Crippen LogP) is 6.03. The highest BCUT2D eigenvalue weighted by atomic mass is 19.4. The monoisotopic (exact) mass is 638 g/mol. The van der Waals surface area contributed by atoms with Crippen LogP contribution < -0.4 is 4.74 Å². The molecule has 10 heteroatoms.